The number of hydrogen-bond donors (Lipinski definition) is 0. The van der Waals surface area contributed by atoms with Gasteiger partial charge in [-0.15, -0.1) is 56.9 Å². The van der Waals surface area contributed by atoms with Crippen LogP contribution in [0.25, 0.3) is 21.5 Å². The summed E-state index contributed by atoms with van der Waals surface area (Å²) < 4.78 is 0. The van der Waals surface area contributed by atoms with Crippen LogP contribution in [0.15, 0.2) is 78.9 Å². The van der Waals surface area contributed by atoms with E-state index in [4.69, 9.17) is 0 Å². The average Bonchev–Trinajstić information content (AvgIpc) is 3.50. The van der Waals surface area contributed by atoms with Crippen molar-refractivity contribution in [3.63, 3.8) is 0 Å². The average molecular weight is 625 g/mol. The van der Waals surface area contributed by atoms with E-state index in [1.165, 1.54) is 54.9 Å². The van der Waals surface area contributed by atoms with Gasteiger partial charge < -0.3 is 22.3 Å². The van der Waals surface area contributed by atoms with Gasteiger partial charge in [0.15, 0.2) is 0 Å². The predicted molar refractivity (Wildman–Crippen MR) is 195 cm³/mol. The molecular weight excluding hydrogens is 568 g/mol. The van der Waals surface area contributed by atoms with Gasteiger partial charge in [-0.1, -0.05) is 104 Å². The van der Waals surface area contributed by atoms with E-state index in [9.17, 15) is 0 Å². The van der Waals surface area contributed by atoms with Crippen LogP contribution in [0, 0.1) is 42.2 Å². The molecule has 0 heterocycles. The molecule has 2 heteroatoms. The van der Waals surface area contributed by atoms with E-state index in [0.717, 1.165) is 0 Å². The van der Waals surface area contributed by atoms with Crippen molar-refractivity contribution in [2.45, 2.75) is 92.9 Å². The van der Waals surface area contributed by atoms with Crippen molar-refractivity contribution < 1.29 is 19.2 Å². The third-order valence-electron chi connectivity index (χ3n) is 7.23. The zero-order valence-electron chi connectivity index (χ0n) is 29.3. The van der Waals surface area contributed by atoms with Crippen molar-refractivity contribution in [2.75, 3.05) is 0 Å². The fraction of sp³-hybridized carbons (Fsp3) is 0.341. The summed E-state index contributed by atoms with van der Waals surface area (Å²) in [5, 5.41) is 5.70. The van der Waals surface area contributed by atoms with Gasteiger partial charge >= 0.3 is 26.8 Å². The second-order valence-corrected chi connectivity index (χ2v) is 12.0. The molecular formula is C41H56SiTi-6. The Kier molecular flexibility index (Phi) is 20.7. The number of rotatable bonds is 4. The molecule has 5 aromatic carbocycles. The molecule has 5 aromatic rings. The minimum absolute atomic E-state index is 0. The maximum absolute atomic E-state index is 2.97. The molecule has 234 valence electrons. The summed E-state index contributed by atoms with van der Waals surface area (Å²) >= 11 is 1.81. The summed E-state index contributed by atoms with van der Waals surface area (Å²) in [6.07, 6.45) is 0. The fourth-order valence-electron chi connectivity index (χ4n) is 5.01. The van der Waals surface area contributed by atoms with E-state index in [0.29, 0.717) is 23.7 Å². The molecule has 0 fully saturated rings. The van der Waals surface area contributed by atoms with Crippen LogP contribution in [0.5, 0.6) is 0 Å². The SMILES string of the molecule is Cc1cc2c(C(C)C)cc(C(C)C)cc2[cH-]1.Cc1cc2c(C(C)C)cc(C(C)C)cc2[cH-]1.[CH3-].[CH3-].[CH3-].[Si]=[Ti].[c-]1ccccc1. The maximum Gasteiger partial charge on any atom is -0.171 e. The van der Waals surface area contributed by atoms with Gasteiger partial charge in [-0.2, -0.15) is 48.5 Å². The van der Waals surface area contributed by atoms with Crippen LogP contribution in [-0.4, -0.2) is 7.63 Å². The van der Waals surface area contributed by atoms with E-state index in [2.05, 4.69) is 131 Å². The van der Waals surface area contributed by atoms with Crippen LogP contribution in [-0.2, 0) is 19.2 Å². The van der Waals surface area contributed by atoms with Crippen LogP contribution in [0.1, 0.15) is 112 Å². The first-order valence-electron chi connectivity index (χ1n) is 14.6. The van der Waals surface area contributed by atoms with Gasteiger partial charge in [-0.05, 0) is 23.7 Å². The second-order valence-electron chi connectivity index (χ2n) is 12.0. The zero-order chi connectivity index (χ0) is 30.0. The van der Waals surface area contributed by atoms with Crippen molar-refractivity contribution in [2.24, 2.45) is 0 Å². The third-order valence-corrected chi connectivity index (χ3v) is 7.23. The molecule has 0 aromatic heterocycles. The first-order chi connectivity index (χ1) is 19.0. The molecule has 0 aliphatic carbocycles. The second kappa shape index (κ2) is 20.7. The van der Waals surface area contributed by atoms with E-state index in [1.54, 1.807) is 19.2 Å². The molecule has 0 amide bonds. The number of benzene rings is 3. The Hall–Kier alpha value is -2.19. The molecule has 2 radical (unpaired) electrons. The Morgan fingerprint density at radius 2 is 0.884 bits per heavy atom. The Labute approximate surface area is 280 Å². The van der Waals surface area contributed by atoms with E-state index >= 15 is 0 Å². The minimum Gasteiger partial charge on any atom is -0.184 e. The van der Waals surface area contributed by atoms with Crippen molar-refractivity contribution in [3.8, 4) is 0 Å². The molecule has 0 aliphatic rings. The Morgan fingerprint density at radius 3 is 1.12 bits per heavy atom. The largest absolute Gasteiger partial charge is 0.184 e. The minimum atomic E-state index is 0. The summed E-state index contributed by atoms with van der Waals surface area (Å²) in [7, 11) is 2.97. The first kappa shape index (κ1) is 42.9. The Balaban J connectivity index is 0. The normalized spacial score (nSPS) is 10.1. The number of fused-ring (bicyclic) bond motifs is 2. The van der Waals surface area contributed by atoms with Crippen LogP contribution in [0.2, 0.25) is 0 Å². The smallest absolute Gasteiger partial charge is 0.171 e. The molecule has 5 rings (SSSR count). The topological polar surface area (TPSA) is 0 Å². The monoisotopic (exact) mass is 624 g/mol. The molecule has 0 unspecified atom stereocenters. The van der Waals surface area contributed by atoms with Gasteiger partial charge in [0, 0.05) is 0 Å². The molecule has 43 heavy (non-hydrogen) atoms. The summed E-state index contributed by atoms with van der Waals surface area (Å²) in [6.45, 7) is 22.5. The van der Waals surface area contributed by atoms with Gasteiger partial charge in [-0.3, -0.25) is 0 Å². The summed E-state index contributed by atoms with van der Waals surface area (Å²) in [5.74, 6) is 2.42. The Bertz CT molecular complexity index is 1330. The molecule has 0 aliphatic heterocycles. The molecule has 0 bridgehead atoms. The quantitative estimate of drug-likeness (QED) is 0.138. The number of hydrogen-bond acceptors (Lipinski definition) is 0. The number of aryl methyl sites for hydroxylation is 2. The van der Waals surface area contributed by atoms with Gasteiger partial charge in [0.05, 0.1) is 0 Å². The Morgan fingerprint density at radius 1 is 0.535 bits per heavy atom. The van der Waals surface area contributed by atoms with Crippen LogP contribution >= 0.6 is 0 Å². The van der Waals surface area contributed by atoms with Crippen molar-refractivity contribution in [3.05, 3.63) is 141 Å². The van der Waals surface area contributed by atoms with Gasteiger partial charge in [-0.25, -0.2) is 0 Å². The van der Waals surface area contributed by atoms with Crippen LogP contribution in [0.3, 0.4) is 0 Å². The fourth-order valence-corrected chi connectivity index (χ4v) is 5.01. The zero-order valence-corrected chi connectivity index (χ0v) is 31.9. The summed E-state index contributed by atoms with van der Waals surface area (Å²) in [4.78, 5) is 0. The van der Waals surface area contributed by atoms with Gasteiger partial charge in [0.2, 0.25) is 0 Å². The maximum atomic E-state index is 2.97. The van der Waals surface area contributed by atoms with Crippen LogP contribution in [0.4, 0.5) is 0 Å². The van der Waals surface area contributed by atoms with E-state index in [-0.39, 0.29) is 22.3 Å². The van der Waals surface area contributed by atoms with Gasteiger partial charge in [0.1, 0.15) is 0 Å². The third kappa shape index (κ3) is 12.4. The molecule has 0 atom stereocenters. The van der Waals surface area contributed by atoms with Crippen molar-refractivity contribution >= 4 is 29.2 Å². The summed E-state index contributed by atoms with van der Waals surface area (Å²) in [5.41, 5.74) is 8.66. The molecule has 0 saturated carbocycles. The van der Waals surface area contributed by atoms with E-state index < -0.39 is 0 Å². The van der Waals surface area contributed by atoms with Crippen LogP contribution < -0.4 is 0 Å². The van der Waals surface area contributed by atoms with Crippen molar-refractivity contribution in [1.29, 1.82) is 0 Å². The predicted octanol–water partition coefficient (Wildman–Crippen LogP) is 12.7. The molecule has 0 N–H and O–H groups in total. The van der Waals surface area contributed by atoms with Gasteiger partial charge in [0.25, 0.3) is 0 Å². The molecule has 0 nitrogen and oxygen atoms in total. The standard InChI is InChI=1S/2C16H21.C6H5.3CH3.Si.Ti/c2*1-10(2)13-8-14-6-12(5)7-16(14)15(9-13)11(3)4;1-2-4-6-5-3-1;;;;;/h2*6-11H,1-5H3;1-5H;3*1H3;;/q6*-1;;. The summed E-state index contributed by atoms with van der Waals surface area (Å²) in [6, 6.07) is 31.2. The molecule has 0 spiro atoms. The van der Waals surface area contributed by atoms with Crippen molar-refractivity contribution in [1.82, 2.24) is 0 Å². The van der Waals surface area contributed by atoms with E-state index in [1.807, 2.05) is 30.3 Å². The first-order valence-corrected chi connectivity index (χ1v) is 17.4. The molecule has 0 saturated heterocycles.